The third-order valence-corrected chi connectivity index (χ3v) is 5.15. The number of hydrogen-bond donors (Lipinski definition) is 1. The van der Waals surface area contributed by atoms with Crippen LogP contribution in [-0.4, -0.2) is 16.6 Å². The number of thiazole rings is 1. The Morgan fingerprint density at radius 1 is 1.22 bits per heavy atom. The third-order valence-electron chi connectivity index (χ3n) is 3.24. The quantitative estimate of drug-likeness (QED) is 0.507. The molecule has 0 spiro atoms. The molecule has 0 bridgehead atoms. The first-order chi connectivity index (χ1) is 11.2. The van der Waals surface area contributed by atoms with E-state index in [1.807, 2.05) is 18.2 Å². The molecule has 118 valence electrons. The number of fused-ring (bicyclic) bond motifs is 1. The molecule has 0 aliphatic carbocycles. The van der Waals surface area contributed by atoms with Gasteiger partial charge in [0.05, 0.1) is 15.7 Å². The summed E-state index contributed by atoms with van der Waals surface area (Å²) in [5.74, 6) is 0.592. The fraction of sp³-hybridized carbons (Fsp3) is 0.176. The Kier molecular flexibility index (Phi) is 5.25. The van der Waals surface area contributed by atoms with E-state index in [1.165, 1.54) is 12.1 Å². The van der Waals surface area contributed by atoms with Gasteiger partial charge >= 0.3 is 0 Å². The maximum Gasteiger partial charge on any atom is 0.224 e. The molecule has 1 N–H and O–H groups in total. The maximum atomic E-state index is 12.8. The number of anilines is 1. The molecule has 0 atom stereocenters. The Morgan fingerprint density at radius 3 is 2.87 bits per heavy atom. The predicted molar refractivity (Wildman–Crippen MR) is 94.6 cm³/mol. The van der Waals surface area contributed by atoms with Crippen LogP contribution in [0.5, 0.6) is 0 Å². The maximum absolute atomic E-state index is 12.8. The van der Waals surface area contributed by atoms with Gasteiger partial charge in [-0.3, -0.25) is 4.79 Å². The number of nitrogens with zero attached hydrogens (tertiary/aromatic N) is 1. The molecule has 0 fully saturated rings. The van der Waals surface area contributed by atoms with Crippen LogP contribution in [0.15, 0.2) is 52.9 Å². The lowest BCUT2D eigenvalue weighted by Gasteiger charge is -2.05. The van der Waals surface area contributed by atoms with Crippen molar-refractivity contribution in [2.75, 3.05) is 11.1 Å². The van der Waals surface area contributed by atoms with E-state index in [-0.39, 0.29) is 11.7 Å². The number of thioether (sulfide) groups is 1. The molecule has 3 nitrogen and oxygen atoms in total. The van der Waals surface area contributed by atoms with Crippen LogP contribution in [0.25, 0.3) is 10.2 Å². The molecule has 3 rings (SSSR count). The minimum absolute atomic E-state index is 0.000661. The van der Waals surface area contributed by atoms with Crippen molar-refractivity contribution in [3.05, 3.63) is 53.8 Å². The molecule has 3 aromatic rings. The monoisotopic (exact) mass is 346 g/mol. The van der Waals surface area contributed by atoms with Gasteiger partial charge < -0.3 is 5.32 Å². The van der Waals surface area contributed by atoms with Crippen molar-refractivity contribution in [3.8, 4) is 0 Å². The fourth-order valence-corrected chi connectivity index (χ4v) is 3.62. The van der Waals surface area contributed by atoms with Crippen LogP contribution in [0, 0.1) is 5.82 Å². The largest absolute Gasteiger partial charge is 0.326 e. The van der Waals surface area contributed by atoms with Gasteiger partial charge in [0.2, 0.25) is 5.91 Å². The lowest BCUT2D eigenvalue weighted by atomic mass is 10.2. The fourth-order valence-electron chi connectivity index (χ4n) is 2.11. The standard InChI is InChI=1S/C17H15FN2OS2/c18-12-3-6-14(7-4-12)22-9-1-2-17(21)20-13-5-8-16-15(10-13)19-11-23-16/h3-8,10-11H,1-2,9H2,(H,20,21). The summed E-state index contributed by atoms with van der Waals surface area (Å²) >= 11 is 3.21. The molecule has 1 aromatic heterocycles. The van der Waals surface area contributed by atoms with Crippen molar-refractivity contribution in [2.45, 2.75) is 17.7 Å². The van der Waals surface area contributed by atoms with Gasteiger partial charge in [0, 0.05) is 17.0 Å². The molecule has 6 heteroatoms. The molecule has 1 heterocycles. The van der Waals surface area contributed by atoms with Crippen molar-refractivity contribution >= 4 is 44.9 Å². The van der Waals surface area contributed by atoms with E-state index in [0.717, 1.165) is 33.0 Å². The SMILES string of the molecule is O=C(CCCSc1ccc(F)cc1)Nc1ccc2scnc2c1. The van der Waals surface area contributed by atoms with Gasteiger partial charge in [-0.1, -0.05) is 0 Å². The minimum atomic E-state index is -0.231. The van der Waals surface area contributed by atoms with Gasteiger partial charge in [0.15, 0.2) is 0 Å². The first kappa shape index (κ1) is 16.0. The molecule has 2 aromatic carbocycles. The van der Waals surface area contributed by atoms with Crippen LogP contribution in [0.2, 0.25) is 0 Å². The molecule has 0 aliphatic rings. The summed E-state index contributed by atoms with van der Waals surface area (Å²) < 4.78 is 13.9. The Labute approximate surface area is 141 Å². The second-order valence-electron chi connectivity index (χ2n) is 4.99. The third kappa shape index (κ3) is 4.53. The van der Waals surface area contributed by atoms with Crippen molar-refractivity contribution in [1.82, 2.24) is 4.98 Å². The Hall–Kier alpha value is -1.92. The lowest BCUT2D eigenvalue weighted by molar-refractivity contribution is -0.116. The summed E-state index contributed by atoms with van der Waals surface area (Å²) in [6.07, 6.45) is 1.23. The summed E-state index contributed by atoms with van der Waals surface area (Å²) in [6, 6.07) is 12.1. The number of aromatic nitrogens is 1. The van der Waals surface area contributed by atoms with Gasteiger partial charge in [-0.15, -0.1) is 23.1 Å². The molecular weight excluding hydrogens is 331 g/mol. The molecule has 1 amide bonds. The van der Waals surface area contributed by atoms with Crippen molar-refractivity contribution in [2.24, 2.45) is 0 Å². The number of hydrogen-bond acceptors (Lipinski definition) is 4. The van der Waals surface area contributed by atoms with Crippen molar-refractivity contribution in [1.29, 1.82) is 0 Å². The Bertz CT molecular complexity index is 802. The number of carbonyl (C=O) groups excluding carboxylic acids is 1. The number of amides is 1. The molecule has 0 unspecified atom stereocenters. The average molecular weight is 346 g/mol. The van der Waals surface area contributed by atoms with E-state index in [1.54, 1.807) is 40.7 Å². The molecule has 0 radical (unpaired) electrons. The van der Waals surface area contributed by atoms with E-state index in [4.69, 9.17) is 0 Å². The number of benzene rings is 2. The summed E-state index contributed by atoms with van der Waals surface area (Å²) in [7, 11) is 0. The zero-order chi connectivity index (χ0) is 16.1. The van der Waals surface area contributed by atoms with Gasteiger partial charge in [-0.25, -0.2) is 9.37 Å². The van der Waals surface area contributed by atoms with Crippen LogP contribution < -0.4 is 5.32 Å². The number of carbonyl (C=O) groups is 1. The summed E-state index contributed by atoms with van der Waals surface area (Å²) in [5, 5.41) is 2.90. The van der Waals surface area contributed by atoms with Gasteiger partial charge in [-0.2, -0.15) is 0 Å². The normalized spacial score (nSPS) is 10.8. The van der Waals surface area contributed by atoms with Crippen LogP contribution in [0.1, 0.15) is 12.8 Å². The number of halogens is 1. The lowest BCUT2D eigenvalue weighted by Crippen LogP contribution is -2.11. The predicted octanol–water partition coefficient (Wildman–Crippen LogP) is 4.95. The minimum Gasteiger partial charge on any atom is -0.326 e. The average Bonchev–Trinajstić information content (AvgIpc) is 3.01. The summed E-state index contributed by atoms with van der Waals surface area (Å²) in [6.45, 7) is 0. The van der Waals surface area contributed by atoms with Crippen LogP contribution in [-0.2, 0) is 4.79 Å². The molecule has 0 saturated carbocycles. The highest BCUT2D eigenvalue weighted by atomic mass is 32.2. The second-order valence-corrected chi connectivity index (χ2v) is 7.04. The Morgan fingerprint density at radius 2 is 2.04 bits per heavy atom. The topological polar surface area (TPSA) is 42.0 Å². The van der Waals surface area contributed by atoms with Crippen molar-refractivity contribution in [3.63, 3.8) is 0 Å². The highest BCUT2D eigenvalue weighted by molar-refractivity contribution is 7.99. The zero-order valence-corrected chi connectivity index (χ0v) is 13.9. The highest BCUT2D eigenvalue weighted by Gasteiger charge is 2.05. The van der Waals surface area contributed by atoms with Gasteiger partial charge in [0.25, 0.3) is 0 Å². The van der Waals surface area contributed by atoms with E-state index in [9.17, 15) is 9.18 Å². The first-order valence-electron chi connectivity index (χ1n) is 7.22. The smallest absolute Gasteiger partial charge is 0.224 e. The number of nitrogens with one attached hydrogen (secondary N) is 1. The highest BCUT2D eigenvalue weighted by Crippen LogP contribution is 2.22. The van der Waals surface area contributed by atoms with Gasteiger partial charge in [0.1, 0.15) is 5.82 Å². The van der Waals surface area contributed by atoms with E-state index >= 15 is 0 Å². The van der Waals surface area contributed by atoms with Crippen LogP contribution in [0.3, 0.4) is 0 Å². The molecule has 23 heavy (non-hydrogen) atoms. The first-order valence-corrected chi connectivity index (χ1v) is 9.09. The second kappa shape index (κ2) is 7.57. The molecular formula is C17H15FN2OS2. The Balaban J connectivity index is 1.43. The van der Waals surface area contributed by atoms with Crippen LogP contribution >= 0.6 is 23.1 Å². The van der Waals surface area contributed by atoms with E-state index in [0.29, 0.717) is 6.42 Å². The summed E-state index contributed by atoms with van der Waals surface area (Å²) in [4.78, 5) is 17.2. The van der Waals surface area contributed by atoms with E-state index in [2.05, 4.69) is 10.3 Å². The zero-order valence-electron chi connectivity index (χ0n) is 12.3. The van der Waals surface area contributed by atoms with Crippen LogP contribution in [0.4, 0.5) is 10.1 Å². The molecule has 0 saturated heterocycles. The van der Waals surface area contributed by atoms with Crippen molar-refractivity contribution < 1.29 is 9.18 Å². The van der Waals surface area contributed by atoms with E-state index < -0.39 is 0 Å². The number of rotatable bonds is 6. The van der Waals surface area contributed by atoms with Gasteiger partial charge in [-0.05, 0) is 54.6 Å². The summed E-state index contributed by atoms with van der Waals surface area (Å²) in [5.41, 5.74) is 3.47. The molecule has 0 aliphatic heterocycles.